The van der Waals surface area contributed by atoms with E-state index in [0.29, 0.717) is 5.92 Å². The average Bonchev–Trinajstić information content (AvgIpc) is 2.84. The molecule has 2 unspecified atom stereocenters. The Morgan fingerprint density at radius 3 is 2.47 bits per heavy atom. The predicted octanol–water partition coefficient (Wildman–Crippen LogP) is 3.30. The monoisotopic (exact) mass is 250 g/mol. The molecule has 2 nitrogen and oxygen atoms in total. The summed E-state index contributed by atoms with van der Waals surface area (Å²) in [7, 11) is 2.18. The van der Waals surface area contributed by atoms with E-state index in [1.54, 1.807) is 0 Å². The Morgan fingerprint density at radius 1 is 1.33 bits per heavy atom. The standard InChI is InChI=1S/C11H19ClO2S/c1-9-3-2-4-10(7-9)8-11(5-6-11)15(12,13)14/h9-10H,2-8H2,1H3. The van der Waals surface area contributed by atoms with Gasteiger partial charge in [-0.15, -0.1) is 0 Å². The minimum absolute atomic E-state index is 0.531. The highest BCUT2D eigenvalue weighted by molar-refractivity contribution is 8.15. The van der Waals surface area contributed by atoms with E-state index in [-0.39, 0.29) is 0 Å². The molecule has 88 valence electrons. The van der Waals surface area contributed by atoms with Crippen molar-refractivity contribution in [2.45, 2.75) is 56.6 Å². The van der Waals surface area contributed by atoms with E-state index < -0.39 is 13.8 Å². The van der Waals surface area contributed by atoms with Crippen molar-refractivity contribution in [2.24, 2.45) is 11.8 Å². The second kappa shape index (κ2) is 3.92. The van der Waals surface area contributed by atoms with Crippen LogP contribution in [0.25, 0.3) is 0 Å². The van der Waals surface area contributed by atoms with Crippen LogP contribution in [0.2, 0.25) is 0 Å². The third kappa shape index (κ3) is 2.50. The molecule has 0 aromatic carbocycles. The van der Waals surface area contributed by atoms with Crippen LogP contribution in [0.5, 0.6) is 0 Å². The van der Waals surface area contributed by atoms with E-state index in [4.69, 9.17) is 10.7 Å². The van der Waals surface area contributed by atoms with Crippen LogP contribution in [0, 0.1) is 11.8 Å². The van der Waals surface area contributed by atoms with Crippen molar-refractivity contribution < 1.29 is 8.42 Å². The molecule has 0 radical (unpaired) electrons. The van der Waals surface area contributed by atoms with Gasteiger partial charge in [-0.2, -0.15) is 0 Å². The third-order valence-electron chi connectivity index (χ3n) is 4.03. The first kappa shape index (κ1) is 11.7. The third-order valence-corrected chi connectivity index (χ3v) is 6.62. The Bertz CT molecular complexity index is 332. The number of hydrogen-bond donors (Lipinski definition) is 0. The fraction of sp³-hybridized carbons (Fsp3) is 1.00. The summed E-state index contributed by atoms with van der Waals surface area (Å²) in [5.41, 5.74) is 0. The lowest BCUT2D eigenvalue weighted by atomic mass is 9.80. The van der Waals surface area contributed by atoms with E-state index >= 15 is 0 Å². The van der Waals surface area contributed by atoms with Gasteiger partial charge in [0.1, 0.15) is 0 Å². The minimum atomic E-state index is -3.34. The smallest absolute Gasteiger partial charge is 0.212 e. The summed E-state index contributed by atoms with van der Waals surface area (Å²) in [5.74, 6) is 1.35. The van der Waals surface area contributed by atoms with Gasteiger partial charge < -0.3 is 0 Å². The summed E-state index contributed by atoms with van der Waals surface area (Å²) in [6.45, 7) is 2.26. The summed E-state index contributed by atoms with van der Waals surface area (Å²) >= 11 is 0. The SMILES string of the molecule is CC1CCCC(CC2(S(=O)(=O)Cl)CC2)C1. The zero-order chi connectivity index (χ0) is 11.1. The number of halogens is 1. The Hall–Kier alpha value is 0.240. The summed E-state index contributed by atoms with van der Waals surface area (Å²) in [4.78, 5) is 0. The molecule has 4 heteroatoms. The molecule has 2 atom stereocenters. The normalized spacial score (nSPS) is 35.1. The first-order chi connectivity index (χ1) is 6.93. The molecule has 0 saturated heterocycles. The van der Waals surface area contributed by atoms with Gasteiger partial charge in [0.2, 0.25) is 9.05 Å². The highest BCUT2D eigenvalue weighted by Crippen LogP contribution is 2.52. The lowest BCUT2D eigenvalue weighted by Crippen LogP contribution is -2.25. The second-order valence-electron chi connectivity index (χ2n) is 5.46. The maximum absolute atomic E-state index is 11.4. The lowest BCUT2D eigenvalue weighted by Gasteiger charge is -2.28. The van der Waals surface area contributed by atoms with Gasteiger partial charge in [0.05, 0.1) is 4.75 Å². The lowest BCUT2D eigenvalue weighted by molar-refractivity contribution is 0.264. The first-order valence-electron chi connectivity index (χ1n) is 5.87. The van der Waals surface area contributed by atoms with E-state index in [1.807, 2.05) is 0 Å². The Morgan fingerprint density at radius 2 is 2.00 bits per heavy atom. The summed E-state index contributed by atoms with van der Waals surface area (Å²) in [5, 5.41) is 0. The Labute approximate surface area is 96.8 Å². The first-order valence-corrected chi connectivity index (χ1v) is 8.18. The minimum Gasteiger partial charge on any atom is -0.212 e. The number of hydrogen-bond acceptors (Lipinski definition) is 2. The highest BCUT2D eigenvalue weighted by atomic mass is 35.7. The van der Waals surface area contributed by atoms with Gasteiger partial charge in [0, 0.05) is 10.7 Å². The van der Waals surface area contributed by atoms with Crippen molar-refractivity contribution >= 4 is 19.7 Å². The van der Waals surface area contributed by atoms with Crippen LogP contribution in [-0.2, 0) is 9.05 Å². The van der Waals surface area contributed by atoms with E-state index in [2.05, 4.69) is 6.92 Å². The van der Waals surface area contributed by atoms with E-state index in [9.17, 15) is 8.42 Å². The number of rotatable bonds is 3. The molecular formula is C11H19ClO2S. The van der Waals surface area contributed by atoms with E-state index in [1.165, 1.54) is 25.7 Å². The molecule has 2 fully saturated rings. The molecule has 15 heavy (non-hydrogen) atoms. The molecular weight excluding hydrogens is 232 g/mol. The zero-order valence-electron chi connectivity index (χ0n) is 9.21. The second-order valence-corrected chi connectivity index (χ2v) is 8.42. The largest absolute Gasteiger partial charge is 0.238 e. The van der Waals surface area contributed by atoms with Gasteiger partial charge in [-0.05, 0) is 37.5 Å². The van der Waals surface area contributed by atoms with Gasteiger partial charge in [-0.3, -0.25) is 0 Å². The maximum Gasteiger partial charge on any atom is 0.238 e. The topological polar surface area (TPSA) is 34.1 Å². The van der Waals surface area contributed by atoms with Crippen LogP contribution in [0.15, 0.2) is 0 Å². The van der Waals surface area contributed by atoms with Gasteiger partial charge in [0.15, 0.2) is 0 Å². The van der Waals surface area contributed by atoms with Gasteiger partial charge in [-0.25, -0.2) is 8.42 Å². The molecule has 2 rings (SSSR count). The molecule has 0 heterocycles. The van der Waals surface area contributed by atoms with Crippen molar-refractivity contribution in [2.75, 3.05) is 0 Å². The van der Waals surface area contributed by atoms with Crippen molar-refractivity contribution in [1.82, 2.24) is 0 Å². The van der Waals surface area contributed by atoms with Gasteiger partial charge >= 0.3 is 0 Å². The van der Waals surface area contributed by atoms with Gasteiger partial charge in [0.25, 0.3) is 0 Å². The van der Waals surface area contributed by atoms with Crippen molar-refractivity contribution in [3.05, 3.63) is 0 Å². The van der Waals surface area contributed by atoms with Crippen molar-refractivity contribution in [3.63, 3.8) is 0 Å². The van der Waals surface area contributed by atoms with E-state index in [0.717, 1.165) is 25.2 Å². The van der Waals surface area contributed by atoms with Crippen molar-refractivity contribution in [1.29, 1.82) is 0 Å². The summed E-state index contributed by atoms with van der Waals surface area (Å²) in [6, 6.07) is 0. The molecule has 0 bridgehead atoms. The molecule has 2 saturated carbocycles. The van der Waals surface area contributed by atoms with Crippen LogP contribution in [-0.4, -0.2) is 13.2 Å². The quantitative estimate of drug-likeness (QED) is 0.721. The summed E-state index contributed by atoms with van der Waals surface area (Å²) < 4.78 is 22.3. The van der Waals surface area contributed by atoms with Crippen LogP contribution in [0.1, 0.15) is 51.9 Å². The fourth-order valence-electron chi connectivity index (χ4n) is 2.96. The molecule has 2 aliphatic carbocycles. The molecule has 0 aliphatic heterocycles. The Balaban J connectivity index is 1.97. The Kier molecular flexibility index (Phi) is 3.06. The average molecular weight is 251 g/mol. The predicted molar refractivity (Wildman–Crippen MR) is 62.5 cm³/mol. The van der Waals surface area contributed by atoms with Crippen LogP contribution < -0.4 is 0 Å². The van der Waals surface area contributed by atoms with Gasteiger partial charge in [-0.1, -0.05) is 26.2 Å². The van der Waals surface area contributed by atoms with Crippen LogP contribution in [0.4, 0.5) is 0 Å². The molecule has 2 aliphatic rings. The zero-order valence-corrected chi connectivity index (χ0v) is 10.8. The maximum atomic E-state index is 11.4. The summed E-state index contributed by atoms with van der Waals surface area (Å²) in [6.07, 6.45) is 7.31. The molecule has 0 amide bonds. The highest BCUT2D eigenvalue weighted by Gasteiger charge is 2.54. The van der Waals surface area contributed by atoms with Crippen LogP contribution >= 0.6 is 10.7 Å². The molecule has 0 N–H and O–H groups in total. The van der Waals surface area contributed by atoms with Crippen LogP contribution in [0.3, 0.4) is 0 Å². The fourth-order valence-corrected chi connectivity index (χ4v) is 4.63. The molecule has 0 aromatic heterocycles. The van der Waals surface area contributed by atoms with Crippen molar-refractivity contribution in [3.8, 4) is 0 Å². The molecule has 0 aromatic rings. The molecule has 0 spiro atoms.